The molecule has 0 aliphatic heterocycles. The molecule has 4 nitrogen and oxygen atoms in total. The Kier molecular flexibility index (Phi) is 4.73. The van der Waals surface area contributed by atoms with E-state index in [9.17, 15) is 13.2 Å². The number of nitrogens with zero attached hydrogens (tertiary/aromatic N) is 2. The lowest BCUT2D eigenvalue weighted by molar-refractivity contribution is -0.159. The first-order valence-electron chi connectivity index (χ1n) is 6.98. The molecule has 0 amide bonds. The zero-order valence-electron chi connectivity index (χ0n) is 12.6. The third-order valence-electron chi connectivity index (χ3n) is 3.13. The normalized spacial score (nSPS) is 11.7. The SMILES string of the molecule is CCCCOc1c(C)cc(-c2noc(C(F)(F)F)n2)cc1C. The number of aryl methyl sites for hydroxylation is 2. The summed E-state index contributed by atoms with van der Waals surface area (Å²) in [6, 6.07) is 3.39. The van der Waals surface area contributed by atoms with E-state index < -0.39 is 12.1 Å². The van der Waals surface area contributed by atoms with Crippen LogP contribution in [0.4, 0.5) is 13.2 Å². The van der Waals surface area contributed by atoms with Crippen molar-refractivity contribution >= 4 is 0 Å². The van der Waals surface area contributed by atoms with Crippen LogP contribution in [0.2, 0.25) is 0 Å². The van der Waals surface area contributed by atoms with Gasteiger partial charge in [-0.1, -0.05) is 18.5 Å². The lowest BCUT2D eigenvalue weighted by atomic mass is 10.1. The standard InChI is InChI=1S/C15H17F3N2O2/c1-4-5-6-21-12-9(2)7-11(8-10(12)3)13-19-14(22-20-13)15(16,17)18/h7-8H,4-6H2,1-3H3. The quantitative estimate of drug-likeness (QED) is 0.760. The molecule has 1 aromatic carbocycles. The number of halogens is 3. The zero-order valence-corrected chi connectivity index (χ0v) is 12.6. The van der Waals surface area contributed by atoms with Crippen molar-refractivity contribution in [3.05, 3.63) is 29.2 Å². The topological polar surface area (TPSA) is 48.2 Å². The smallest absolute Gasteiger partial charge is 0.471 e. The van der Waals surface area contributed by atoms with E-state index >= 15 is 0 Å². The van der Waals surface area contributed by atoms with Gasteiger partial charge in [0, 0.05) is 5.56 Å². The lowest BCUT2D eigenvalue weighted by Crippen LogP contribution is -2.05. The minimum absolute atomic E-state index is 0.0846. The Balaban J connectivity index is 2.28. The summed E-state index contributed by atoms with van der Waals surface area (Å²) < 4.78 is 47.5. The molecule has 0 spiro atoms. The van der Waals surface area contributed by atoms with Crippen LogP contribution in [0.25, 0.3) is 11.4 Å². The molecular formula is C15H17F3N2O2. The summed E-state index contributed by atoms with van der Waals surface area (Å²) in [5.41, 5.74) is 2.12. The van der Waals surface area contributed by atoms with Crippen molar-refractivity contribution < 1.29 is 22.4 Å². The molecular weight excluding hydrogens is 297 g/mol. The third-order valence-corrected chi connectivity index (χ3v) is 3.13. The fourth-order valence-electron chi connectivity index (χ4n) is 2.08. The fraction of sp³-hybridized carbons (Fsp3) is 0.467. The maximum absolute atomic E-state index is 12.5. The molecule has 0 aliphatic rings. The predicted molar refractivity (Wildman–Crippen MR) is 74.6 cm³/mol. The molecule has 2 rings (SSSR count). The summed E-state index contributed by atoms with van der Waals surface area (Å²) in [5, 5.41) is 3.39. The molecule has 0 saturated carbocycles. The largest absolute Gasteiger partial charge is 0.493 e. The average Bonchev–Trinajstić information content (AvgIpc) is 2.91. The molecule has 0 radical (unpaired) electrons. The van der Waals surface area contributed by atoms with Crippen molar-refractivity contribution in [1.29, 1.82) is 0 Å². The van der Waals surface area contributed by atoms with Crippen molar-refractivity contribution in [2.45, 2.75) is 39.8 Å². The van der Waals surface area contributed by atoms with Crippen LogP contribution in [-0.4, -0.2) is 16.7 Å². The molecule has 1 heterocycles. The first-order valence-corrected chi connectivity index (χ1v) is 6.98. The number of benzene rings is 1. The van der Waals surface area contributed by atoms with Gasteiger partial charge in [0.25, 0.3) is 0 Å². The monoisotopic (exact) mass is 314 g/mol. The van der Waals surface area contributed by atoms with Crippen molar-refractivity contribution in [2.24, 2.45) is 0 Å². The molecule has 22 heavy (non-hydrogen) atoms. The van der Waals surface area contributed by atoms with Crippen LogP contribution in [0.1, 0.15) is 36.8 Å². The second-order valence-corrected chi connectivity index (χ2v) is 5.06. The highest BCUT2D eigenvalue weighted by molar-refractivity contribution is 5.61. The molecule has 0 saturated heterocycles. The second kappa shape index (κ2) is 6.37. The molecule has 7 heteroatoms. The Morgan fingerprint density at radius 2 is 1.82 bits per heavy atom. The number of hydrogen-bond donors (Lipinski definition) is 0. The van der Waals surface area contributed by atoms with Crippen LogP contribution in [0.3, 0.4) is 0 Å². The van der Waals surface area contributed by atoms with Gasteiger partial charge in [0.15, 0.2) is 0 Å². The first kappa shape index (κ1) is 16.3. The van der Waals surface area contributed by atoms with Crippen LogP contribution < -0.4 is 4.74 Å². The third kappa shape index (κ3) is 3.58. The lowest BCUT2D eigenvalue weighted by Gasteiger charge is -2.12. The summed E-state index contributed by atoms with van der Waals surface area (Å²) in [6.07, 6.45) is -2.67. The highest BCUT2D eigenvalue weighted by Gasteiger charge is 2.38. The van der Waals surface area contributed by atoms with E-state index in [1.807, 2.05) is 13.8 Å². The van der Waals surface area contributed by atoms with Gasteiger partial charge in [-0.05, 0) is 43.5 Å². The first-order chi connectivity index (χ1) is 10.3. The Morgan fingerprint density at radius 1 is 1.18 bits per heavy atom. The van der Waals surface area contributed by atoms with E-state index in [-0.39, 0.29) is 5.82 Å². The molecule has 0 aliphatic carbocycles. The van der Waals surface area contributed by atoms with Gasteiger partial charge in [-0.3, -0.25) is 0 Å². The maximum atomic E-state index is 12.5. The highest BCUT2D eigenvalue weighted by Crippen LogP contribution is 2.32. The summed E-state index contributed by atoms with van der Waals surface area (Å²) >= 11 is 0. The van der Waals surface area contributed by atoms with E-state index in [2.05, 4.69) is 21.6 Å². The molecule has 2 aromatic rings. The van der Waals surface area contributed by atoms with Crippen LogP contribution in [-0.2, 0) is 6.18 Å². The maximum Gasteiger partial charge on any atom is 0.471 e. The number of hydrogen-bond acceptors (Lipinski definition) is 4. The molecule has 1 aromatic heterocycles. The molecule has 0 unspecified atom stereocenters. The minimum Gasteiger partial charge on any atom is -0.493 e. The molecule has 0 fully saturated rings. The second-order valence-electron chi connectivity index (χ2n) is 5.06. The Labute approximate surface area is 126 Å². The van der Waals surface area contributed by atoms with E-state index in [4.69, 9.17) is 4.74 Å². The summed E-state index contributed by atoms with van der Waals surface area (Å²) in [4.78, 5) is 3.40. The van der Waals surface area contributed by atoms with E-state index in [0.29, 0.717) is 12.2 Å². The number of ether oxygens (including phenoxy) is 1. The summed E-state index contributed by atoms with van der Waals surface area (Å²) in [5.74, 6) is -0.684. The summed E-state index contributed by atoms with van der Waals surface area (Å²) in [6.45, 7) is 6.35. The predicted octanol–water partition coefficient (Wildman–Crippen LogP) is 4.55. The van der Waals surface area contributed by atoms with E-state index in [1.165, 1.54) is 0 Å². The van der Waals surface area contributed by atoms with Gasteiger partial charge in [0.2, 0.25) is 5.82 Å². The van der Waals surface area contributed by atoms with Crippen LogP contribution >= 0.6 is 0 Å². The number of rotatable bonds is 5. The van der Waals surface area contributed by atoms with Crippen LogP contribution in [0.5, 0.6) is 5.75 Å². The van der Waals surface area contributed by atoms with Gasteiger partial charge in [0.05, 0.1) is 6.61 Å². The van der Waals surface area contributed by atoms with Gasteiger partial charge < -0.3 is 9.26 Å². The number of aromatic nitrogens is 2. The number of alkyl halides is 3. The zero-order chi connectivity index (χ0) is 16.3. The molecule has 0 N–H and O–H groups in total. The van der Waals surface area contributed by atoms with Crippen molar-refractivity contribution in [2.75, 3.05) is 6.61 Å². The van der Waals surface area contributed by atoms with Gasteiger partial charge in [-0.2, -0.15) is 18.2 Å². The molecule has 0 bridgehead atoms. The number of unbranched alkanes of at least 4 members (excludes halogenated alkanes) is 1. The van der Waals surface area contributed by atoms with Gasteiger partial charge in [0.1, 0.15) is 5.75 Å². The average molecular weight is 314 g/mol. The van der Waals surface area contributed by atoms with Gasteiger partial charge >= 0.3 is 12.1 Å². The minimum atomic E-state index is -4.64. The van der Waals surface area contributed by atoms with Crippen molar-refractivity contribution in [3.8, 4) is 17.1 Å². The fourth-order valence-corrected chi connectivity index (χ4v) is 2.08. The highest BCUT2D eigenvalue weighted by atomic mass is 19.4. The van der Waals surface area contributed by atoms with Crippen LogP contribution in [0, 0.1) is 13.8 Å². The van der Waals surface area contributed by atoms with E-state index in [1.54, 1.807) is 12.1 Å². The molecule has 120 valence electrons. The molecule has 0 atom stereocenters. The van der Waals surface area contributed by atoms with Crippen molar-refractivity contribution in [1.82, 2.24) is 10.1 Å². The Bertz CT molecular complexity index is 627. The van der Waals surface area contributed by atoms with Crippen LogP contribution in [0.15, 0.2) is 16.7 Å². The van der Waals surface area contributed by atoms with Crippen molar-refractivity contribution in [3.63, 3.8) is 0 Å². The summed E-state index contributed by atoms with van der Waals surface area (Å²) in [7, 11) is 0. The van der Waals surface area contributed by atoms with Gasteiger partial charge in [-0.25, -0.2) is 0 Å². The van der Waals surface area contributed by atoms with Gasteiger partial charge in [-0.15, -0.1) is 0 Å². The Morgan fingerprint density at radius 3 is 2.32 bits per heavy atom. The Hall–Kier alpha value is -2.05. The van der Waals surface area contributed by atoms with E-state index in [0.717, 1.165) is 29.7 Å².